The van der Waals surface area contributed by atoms with E-state index in [0.29, 0.717) is 18.5 Å². The number of Topliss-reactive ketones (excluding diaryl/α,β-unsaturated/α-hetero) is 1. The molecule has 2 aliphatic rings. The molecule has 0 bridgehead atoms. The molecule has 2 aliphatic heterocycles. The van der Waals surface area contributed by atoms with Gasteiger partial charge in [0.1, 0.15) is 0 Å². The van der Waals surface area contributed by atoms with Gasteiger partial charge >= 0.3 is 0 Å². The zero-order chi connectivity index (χ0) is 12.2. The van der Waals surface area contributed by atoms with Gasteiger partial charge in [0, 0.05) is 30.2 Å². The van der Waals surface area contributed by atoms with Crippen molar-refractivity contribution < 1.29 is 13.6 Å². The number of hydrogen-bond donors (Lipinski definition) is 0. The Bertz CT molecular complexity index is 554. The van der Waals surface area contributed by atoms with Crippen molar-refractivity contribution in [1.82, 2.24) is 0 Å². The van der Waals surface area contributed by atoms with Gasteiger partial charge in [-0.15, -0.1) is 0 Å². The van der Waals surface area contributed by atoms with Gasteiger partial charge in [0.2, 0.25) is 0 Å². The van der Waals surface area contributed by atoms with Crippen molar-refractivity contribution in [3.63, 3.8) is 0 Å². The predicted octanol–water partition coefficient (Wildman–Crippen LogP) is 2.51. The third-order valence-corrected chi connectivity index (χ3v) is 3.16. The minimum absolute atomic E-state index is 0.0418. The van der Waals surface area contributed by atoms with Crippen molar-refractivity contribution in [1.29, 1.82) is 0 Å². The van der Waals surface area contributed by atoms with Gasteiger partial charge in [-0.05, 0) is 13.0 Å². The second kappa shape index (κ2) is 3.35. The molecule has 0 amide bonds. The lowest BCUT2D eigenvalue weighted by Crippen LogP contribution is -2.34. The number of anilines is 1. The number of nitrogens with zero attached hydrogens (tertiary/aromatic N) is 2. The van der Waals surface area contributed by atoms with Crippen molar-refractivity contribution in [3.05, 3.63) is 29.3 Å². The summed E-state index contributed by atoms with van der Waals surface area (Å²) >= 11 is 0. The van der Waals surface area contributed by atoms with E-state index in [1.54, 1.807) is 5.01 Å². The molecule has 0 radical (unpaired) electrons. The summed E-state index contributed by atoms with van der Waals surface area (Å²) in [6.45, 7) is 1.86. The van der Waals surface area contributed by atoms with E-state index >= 15 is 0 Å². The molecule has 1 aromatic rings. The van der Waals surface area contributed by atoms with Crippen LogP contribution in [-0.4, -0.2) is 17.5 Å². The van der Waals surface area contributed by atoms with E-state index in [4.69, 9.17) is 0 Å². The fourth-order valence-corrected chi connectivity index (χ4v) is 2.42. The van der Waals surface area contributed by atoms with Crippen LogP contribution in [0.5, 0.6) is 0 Å². The van der Waals surface area contributed by atoms with Crippen LogP contribution >= 0.6 is 0 Å². The first kappa shape index (κ1) is 10.4. The molecule has 2 heterocycles. The molecule has 0 fully saturated rings. The maximum Gasteiger partial charge on any atom is 0.167 e. The zero-order valence-electron chi connectivity index (χ0n) is 9.20. The molecule has 3 rings (SSSR count). The molecule has 5 heteroatoms. The number of fused-ring (bicyclic) bond motifs is 3. The van der Waals surface area contributed by atoms with Gasteiger partial charge < -0.3 is 0 Å². The summed E-state index contributed by atoms with van der Waals surface area (Å²) in [5.41, 5.74) is 1.50. The Labute approximate surface area is 96.7 Å². The third kappa shape index (κ3) is 1.45. The van der Waals surface area contributed by atoms with Crippen LogP contribution in [0.1, 0.15) is 30.1 Å². The van der Waals surface area contributed by atoms with E-state index in [2.05, 4.69) is 5.10 Å². The first-order valence-electron chi connectivity index (χ1n) is 5.42. The lowest BCUT2D eigenvalue weighted by Gasteiger charge is -2.29. The second-order valence-electron chi connectivity index (χ2n) is 4.45. The van der Waals surface area contributed by atoms with E-state index in [1.165, 1.54) is 0 Å². The highest BCUT2D eigenvalue weighted by Crippen LogP contribution is 2.36. The third-order valence-electron chi connectivity index (χ3n) is 3.16. The number of benzene rings is 1. The van der Waals surface area contributed by atoms with Crippen LogP contribution < -0.4 is 5.01 Å². The molecule has 0 N–H and O–H groups in total. The molecule has 1 atom stereocenters. The molecular weight excluding hydrogens is 226 g/mol. The van der Waals surface area contributed by atoms with Crippen LogP contribution in [0, 0.1) is 11.6 Å². The second-order valence-corrected chi connectivity index (χ2v) is 4.45. The molecule has 0 aliphatic carbocycles. The van der Waals surface area contributed by atoms with Crippen molar-refractivity contribution in [2.75, 3.05) is 5.01 Å². The maximum atomic E-state index is 13.2. The molecule has 3 nitrogen and oxygen atoms in total. The summed E-state index contributed by atoms with van der Waals surface area (Å²) in [5.74, 6) is -2.09. The topological polar surface area (TPSA) is 32.7 Å². The first-order chi connectivity index (χ1) is 8.06. The number of hydrogen-bond acceptors (Lipinski definition) is 3. The Morgan fingerprint density at radius 1 is 1.29 bits per heavy atom. The Hall–Kier alpha value is -1.78. The fourth-order valence-electron chi connectivity index (χ4n) is 2.42. The number of carbonyl (C=O) groups is 1. The van der Waals surface area contributed by atoms with Crippen LogP contribution in [0.25, 0.3) is 0 Å². The summed E-state index contributed by atoms with van der Waals surface area (Å²) in [6.07, 6.45) is 1.00. The monoisotopic (exact) mass is 236 g/mol. The molecular formula is C12H10F2N2O. The summed E-state index contributed by atoms with van der Waals surface area (Å²) in [6, 6.07) is 1.98. The number of rotatable bonds is 0. The van der Waals surface area contributed by atoms with Gasteiger partial charge in [-0.1, -0.05) is 0 Å². The lowest BCUT2D eigenvalue weighted by molar-refractivity contribution is 0.0968. The SMILES string of the molecule is CC1=NN2c3cc(F)c(F)cc3C(=O)CC2C1. The van der Waals surface area contributed by atoms with E-state index in [9.17, 15) is 13.6 Å². The van der Waals surface area contributed by atoms with Gasteiger partial charge in [0.15, 0.2) is 17.4 Å². The Kier molecular flexibility index (Phi) is 2.05. The van der Waals surface area contributed by atoms with Gasteiger partial charge in [-0.2, -0.15) is 5.10 Å². The van der Waals surface area contributed by atoms with Crippen LogP contribution in [0.3, 0.4) is 0 Å². The Balaban J connectivity index is 2.18. The van der Waals surface area contributed by atoms with E-state index < -0.39 is 11.6 Å². The van der Waals surface area contributed by atoms with Crippen molar-refractivity contribution >= 4 is 17.2 Å². The summed E-state index contributed by atoms with van der Waals surface area (Å²) in [4.78, 5) is 11.8. The van der Waals surface area contributed by atoms with E-state index in [-0.39, 0.29) is 17.4 Å². The minimum Gasteiger partial charge on any atom is -0.294 e. The highest BCUT2D eigenvalue weighted by atomic mass is 19.2. The lowest BCUT2D eigenvalue weighted by atomic mass is 9.94. The number of carbonyl (C=O) groups excluding carboxylic acids is 1. The summed E-state index contributed by atoms with van der Waals surface area (Å²) < 4.78 is 26.3. The van der Waals surface area contributed by atoms with Crippen LogP contribution in [0.2, 0.25) is 0 Å². The zero-order valence-corrected chi connectivity index (χ0v) is 9.20. The van der Waals surface area contributed by atoms with Gasteiger partial charge in [0.25, 0.3) is 0 Å². The van der Waals surface area contributed by atoms with Gasteiger partial charge in [-0.25, -0.2) is 8.78 Å². The average molecular weight is 236 g/mol. The van der Waals surface area contributed by atoms with Gasteiger partial charge in [0.05, 0.1) is 11.7 Å². The molecule has 0 aromatic heterocycles. The molecule has 0 saturated heterocycles. The van der Waals surface area contributed by atoms with Crippen LogP contribution in [0.4, 0.5) is 14.5 Å². The van der Waals surface area contributed by atoms with Gasteiger partial charge in [-0.3, -0.25) is 9.80 Å². The van der Waals surface area contributed by atoms with E-state index in [0.717, 1.165) is 17.8 Å². The Morgan fingerprint density at radius 3 is 2.76 bits per heavy atom. The maximum absolute atomic E-state index is 13.2. The van der Waals surface area contributed by atoms with Crippen molar-refractivity contribution in [3.8, 4) is 0 Å². The molecule has 88 valence electrons. The first-order valence-corrected chi connectivity index (χ1v) is 5.42. The molecule has 1 unspecified atom stereocenters. The fraction of sp³-hybridized carbons (Fsp3) is 0.333. The largest absolute Gasteiger partial charge is 0.294 e. The highest BCUT2D eigenvalue weighted by molar-refractivity contribution is 6.05. The highest BCUT2D eigenvalue weighted by Gasteiger charge is 2.36. The molecule has 0 spiro atoms. The summed E-state index contributed by atoms with van der Waals surface area (Å²) in [7, 11) is 0. The predicted molar refractivity (Wildman–Crippen MR) is 59.3 cm³/mol. The molecule has 0 saturated carbocycles. The smallest absolute Gasteiger partial charge is 0.167 e. The summed E-state index contributed by atoms with van der Waals surface area (Å²) in [5, 5.41) is 5.90. The van der Waals surface area contributed by atoms with Crippen molar-refractivity contribution in [2.24, 2.45) is 5.10 Å². The number of ketones is 1. The normalized spacial score (nSPS) is 22.3. The molecule has 17 heavy (non-hydrogen) atoms. The quantitative estimate of drug-likeness (QED) is 0.693. The van der Waals surface area contributed by atoms with Crippen LogP contribution in [-0.2, 0) is 0 Å². The Morgan fingerprint density at radius 2 is 2.00 bits per heavy atom. The molecule has 1 aromatic carbocycles. The van der Waals surface area contributed by atoms with E-state index in [1.807, 2.05) is 6.92 Å². The average Bonchev–Trinajstić information content (AvgIpc) is 2.62. The standard InChI is InChI=1S/C12H10F2N2O/c1-6-2-7-3-12(17)8-4-9(13)10(14)5-11(8)16(7)15-6/h4-5,7H,2-3H2,1H3. The van der Waals surface area contributed by atoms with Crippen molar-refractivity contribution in [2.45, 2.75) is 25.8 Å². The van der Waals surface area contributed by atoms with Crippen LogP contribution in [0.15, 0.2) is 17.2 Å². The number of hydrazone groups is 1. The minimum atomic E-state index is -0.990. The number of halogens is 2.